The molecule has 1 aliphatic heterocycles. The predicted octanol–water partition coefficient (Wildman–Crippen LogP) is 0.545. The number of alkyl halides is 1. The number of carbonyl (C=O) groups excluding carboxylic acids is 3. The van der Waals surface area contributed by atoms with Gasteiger partial charge in [0.05, 0.1) is 18.5 Å². The minimum atomic E-state index is -1.32. The summed E-state index contributed by atoms with van der Waals surface area (Å²) in [7, 11) is 0. The number of rotatable bonds is 6. The molecular formula is C19H26FN5O3. The molecule has 0 unspecified atom stereocenters. The Morgan fingerprint density at radius 3 is 2.61 bits per heavy atom. The van der Waals surface area contributed by atoms with Crippen LogP contribution in [0.4, 0.5) is 9.18 Å². The highest BCUT2D eigenvalue weighted by Crippen LogP contribution is 2.65. The van der Waals surface area contributed by atoms with Crippen LogP contribution in [0.15, 0.2) is 24.5 Å². The highest BCUT2D eigenvalue weighted by molar-refractivity contribution is 5.85. The van der Waals surface area contributed by atoms with Crippen LogP contribution < -0.4 is 16.4 Å². The van der Waals surface area contributed by atoms with E-state index in [0.29, 0.717) is 0 Å². The fourth-order valence-corrected chi connectivity index (χ4v) is 4.15. The third kappa shape index (κ3) is 4.07. The molecule has 8 nitrogen and oxygen atoms in total. The number of pyridine rings is 1. The van der Waals surface area contributed by atoms with Gasteiger partial charge in [0.25, 0.3) is 0 Å². The van der Waals surface area contributed by atoms with E-state index in [-0.39, 0.29) is 49.2 Å². The maximum absolute atomic E-state index is 14.4. The molecule has 0 radical (unpaired) electrons. The number of amides is 4. The van der Waals surface area contributed by atoms with Gasteiger partial charge in [0.2, 0.25) is 11.8 Å². The fourth-order valence-electron chi connectivity index (χ4n) is 4.15. The summed E-state index contributed by atoms with van der Waals surface area (Å²) in [5.74, 6) is -0.607. The number of likely N-dealkylation sites (tertiary alicyclic amines) is 1. The van der Waals surface area contributed by atoms with E-state index < -0.39 is 24.2 Å². The van der Waals surface area contributed by atoms with Gasteiger partial charge in [0.15, 0.2) is 0 Å². The number of nitrogens with zero attached hydrogens (tertiary/aromatic N) is 2. The van der Waals surface area contributed by atoms with Crippen LogP contribution in [-0.2, 0) is 9.59 Å². The molecule has 28 heavy (non-hydrogen) atoms. The van der Waals surface area contributed by atoms with Gasteiger partial charge >= 0.3 is 6.03 Å². The van der Waals surface area contributed by atoms with E-state index in [1.807, 2.05) is 26.0 Å². The average molecular weight is 391 g/mol. The Morgan fingerprint density at radius 1 is 1.29 bits per heavy atom. The molecule has 1 saturated heterocycles. The van der Waals surface area contributed by atoms with E-state index in [0.717, 1.165) is 5.56 Å². The molecule has 1 aliphatic carbocycles. The van der Waals surface area contributed by atoms with Crippen molar-refractivity contribution in [2.75, 3.05) is 19.6 Å². The maximum Gasteiger partial charge on any atom is 0.312 e. The highest BCUT2D eigenvalue weighted by atomic mass is 19.1. The SMILES string of the molecule is CC1(C)[C@H](C(=O)N2C[C@H](F)[C@H](NC(=O)CCNC(N)=O)C2)[C@H]1c1ccncc1. The lowest BCUT2D eigenvalue weighted by Crippen LogP contribution is -2.43. The van der Waals surface area contributed by atoms with E-state index in [9.17, 15) is 18.8 Å². The molecular weight excluding hydrogens is 365 g/mol. The number of nitrogens with two attached hydrogens (primary N) is 1. The molecule has 2 aliphatic rings. The molecule has 0 aromatic carbocycles. The molecule has 0 bridgehead atoms. The lowest BCUT2D eigenvalue weighted by Gasteiger charge is -2.17. The van der Waals surface area contributed by atoms with Crippen molar-refractivity contribution in [2.45, 2.75) is 38.4 Å². The third-order valence-corrected chi connectivity index (χ3v) is 5.72. The number of hydrogen-bond donors (Lipinski definition) is 3. The van der Waals surface area contributed by atoms with Crippen molar-refractivity contribution in [1.29, 1.82) is 0 Å². The number of aromatic nitrogens is 1. The predicted molar refractivity (Wildman–Crippen MR) is 99.9 cm³/mol. The molecule has 152 valence electrons. The number of halogens is 1. The van der Waals surface area contributed by atoms with Crippen molar-refractivity contribution in [3.05, 3.63) is 30.1 Å². The summed E-state index contributed by atoms with van der Waals surface area (Å²) in [4.78, 5) is 41.0. The molecule has 4 N–H and O–H groups in total. The summed E-state index contributed by atoms with van der Waals surface area (Å²) in [6, 6.07) is 2.35. The normalized spacial score (nSPS) is 27.9. The van der Waals surface area contributed by atoms with Gasteiger partial charge in [0, 0.05) is 37.8 Å². The molecule has 9 heteroatoms. The van der Waals surface area contributed by atoms with Gasteiger partial charge in [-0.25, -0.2) is 9.18 Å². The second-order valence-corrected chi connectivity index (χ2v) is 8.03. The van der Waals surface area contributed by atoms with Gasteiger partial charge < -0.3 is 21.3 Å². The van der Waals surface area contributed by atoms with Crippen LogP contribution in [0.2, 0.25) is 0 Å². The second kappa shape index (κ2) is 7.73. The zero-order valence-corrected chi connectivity index (χ0v) is 16.0. The average Bonchev–Trinajstić information content (AvgIpc) is 3.03. The van der Waals surface area contributed by atoms with E-state index in [1.165, 1.54) is 4.90 Å². The van der Waals surface area contributed by atoms with Gasteiger partial charge in [-0.2, -0.15) is 0 Å². The summed E-state index contributed by atoms with van der Waals surface area (Å²) in [5.41, 5.74) is 5.79. The standard InChI is InChI=1S/C19H26FN5O3/c1-19(2)15(11-3-6-22-7-4-11)16(19)17(27)25-9-12(20)13(10-25)24-14(26)5-8-23-18(21)28/h3-4,6-7,12-13,15-16H,5,8-10H2,1-2H3,(H,24,26)(H3,21,23,28)/t12-,13+,15+,16-/m0/s1. The van der Waals surface area contributed by atoms with Crippen LogP contribution in [0, 0.1) is 11.3 Å². The molecule has 4 amide bonds. The first-order chi connectivity index (χ1) is 13.2. The van der Waals surface area contributed by atoms with Crippen LogP contribution in [0.5, 0.6) is 0 Å². The summed E-state index contributed by atoms with van der Waals surface area (Å²) in [5, 5.41) is 4.91. The van der Waals surface area contributed by atoms with Crippen LogP contribution in [0.1, 0.15) is 31.7 Å². The van der Waals surface area contributed by atoms with Gasteiger partial charge in [-0.1, -0.05) is 13.8 Å². The number of primary amides is 1. The Kier molecular flexibility index (Phi) is 5.53. The van der Waals surface area contributed by atoms with Crippen molar-refractivity contribution in [2.24, 2.45) is 17.1 Å². The Bertz CT molecular complexity index is 757. The van der Waals surface area contributed by atoms with E-state index in [1.54, 1.807) is 12.4 Å². The Labute approximate surface area is 163 Å². The second-order valence-electron chi connectivity index (χ2n) is 8.03. The first kappa shape index (κ1) is 20.0. The lowest BCUT2D eigenvalue weighted by atomic mass is 10.0. The fraction of sp³-hybridized carbons (Fsp3) is 0.579. The number of urea groups is 1. The number of hydrogen-bond acceptors (Lipinski definition) is 4. The number of nitrogens with one attached hydrogen (secondary N) is 2. The lowest BCUT2D eigenvalue weighted by molar-refractivity contribution is -0.132. The summed E-state index contributed by atoms with van der Waals surface area (Å²) in [6.45, 7) is 4.27. The van der Waals surface area contributed by atoms with Gasteiger partial charge in [-0.3, -0.25) is 14.6 Å². The zero-order valence-electron chi connectivity index (χ0n) is 16.0. The Hall–Kier alpha value is -2.71. The Balaban J connectivity index is 1.56. The molecule has 1 aromatic rings. The summed E-state index contributed by atoms with van der Waals surface area (Å²) >= 11 is 0. The zero-order chi connectivity index (χ0) is 20.5. The van der Waals surface area contributed by atoms with E-state index in [4.69, 9.17) is 5.73 Å². The summed E-state index contributed by atoms with van der Waals surface area (Å²) < 4.78 is 14.4. The third-order valence-electron chi connectivity index (χ3n) is 5.72. The molecule has 4 atom stereocenters. The number of carbonyl (C=O) groups is 3. The molecule has 3 rings (SSSR count). The van der Waals surface area contributed by atoms with E-state index >= 15 is 0 Å². The Morgan fingerprint density at radius 2 is 1.96 bits per heavy atom. The molecule has 2 heterocycles. The molecule has 0 spiro atoms. The quantitative estimate of drug-likeness (QED) is 0.656. The van der Waals surface area contributed by atoms with Crippen molar-refractivity contribution in [3.8, 4) is 0 Å². The molecule has 1 saturated carbocycles. The van der Waals surface area contributed by atoms with Crippen LogP contribution in [-0.4, -0.2) is 59.6 Å². The first-order valence-corrected chi connectivity index (χ1v) is 9.37. The van der Waals surface area contributed by atoms with Gasteiger partial charge in [0.1, 0.15) is 6.17 Å². The monoisotopic (exact) mass is 391 g/mol. The maximum atomic E-state index is 14.4. The molecule has 2 fully saturated rings. The van der Waals surface area contributed by atoms with Crippen molar-refractivity contribution < 1.29 is 18.8 Å². The van der Waals surface area contributed by atoms with Gasteiger partial charge in [-0.15, -0.1) is 0 Å². The van der Waals surface area contributed by atoms with Crippen LogP contribution in [0.25, 0.3) is 0 Å². The first-order valence-electron chi connectivity index (χ1n) is 9.37. The van der Waals surface area contributed by atoms with Crippen LogP contribution >= 0.6 is 0 Å². The van der Waals surface area contributed by atoms with E-state index in [2.05, 4.69) is 15.6 Å². The highest BCUT2D eigenvalue weighted by Gasteiger charge is 2.63. The summed E-state index contributed by atoms with van der Waals surface area (Å²) in [6.07, 6.45) is 2.09. The molecule has 1 aromatic heterocycles. The van der Waals surface area contributed by atoms with Crippen molar-refractivity contribution in [3.63, 3.8) is 0 Å². The smallest absolute Gasteiger partial charge is 0.312 e. The topological polar surface area (TPSA) is 117 Å². The largest absolute Gasteiger partial charge is 0.352 e. The minimum absolute atomic E-state index is 0.000120. The minimum Gasteiger partial charge on any atom is -0.352 e. The van der Waals surface area contributed by atoms with Gasteiger partial charge in [-0.05, 0) is 23.1 Å². The van der Waals surface area contributed by atoms with Crippen molar-refractivity contribution in [1.82, 2.24) is 20.5 Å². The van der Waals surface area contributed by atoms with Crippen molar-refractivity contribution >= 4 is 17.8 Å². The van der Waals surface area contributed by atoms with Crippen LogP contribution in [0.3, 0.4) is 0 Å².